The van der Waals surface area contributed by atoms with Gasteiger partial charge in [-0.15, -0.1) is 0 Å². The molecule has 0 aromatic heterocycles. The molecule has 0 bridgehead atoms. The highest BCUT2D eigenvalue weighted by molar-refractivity contribution is 5.58. The first-order valence-corrected chi connectivity index (χ1v) is 7.47. The lowest BCUT2D eigenvalue weighted by Crippen LogP contribution is -2.38. The number of anilines is 1. The quantitative estimate of drug-likeness (QED) is 0.876. The Kier molecular flexibility index (Phi) is 4.65. The average Bonchev–Trinajstić information content (AvgIpc) is 2.40. The van der Waals surface area contributed by atoms with Crippen LogP contribution in [0.3, 0.4) is 0 Å². The fraction of sp³-hybridized carbons (Fsp3) is 0.588. The Labute approximate surface area is 121 Å². The first-order chi connectivity index (χ1) is 9.51. The molecule has 1 aliphatic rings. The highest BCUT2D eigenvalue weighted by Gasteiger charge is 2.30. The Balaban J connectivity index is 2.20. The number of rotatable bonds is 3. The first kappa shape index (κ1) is 14.8. The number of nitriles is 1. The predicted molar refractivity (Wildman–Crippen MR) is 79.9 cm³/mol. The largest absolute Gasteiger partial charge is 0.381 e. The van der Waals surface area contributed by atoms with Crippen LogP contribution in [-0.4, -0.2) is 6.04 Å². The molecule has 1 aliphatic carbocycles. The smallest absolute Gasteiger partial charge is 0.124 e. The molecule has 0 spiro atoms. The SMILES string of the molecule is CC1CCC(C(C)C)C(Nc2ccc(F)cc2C#N)C1. The van der Waals surface area contributed by atoms with Crippen molar-refractivity contribution in [2.45, 2.75) is 46.1 Å². The molecule has 0 amide bonds. The van der Waals surface area contributed by atoms with Crippen molar-refractivity contribution >= 4 is 5.69 Å². The zero-order chi connectivity index (χ0) is 14.7. The van der Waals surface area contributed by atoms with Crippen molar-refractivity contribution < 1.29 is 4.39 Å². The van der Waals surface area contributed by atoms with Crippen LogP contribution < -0.4 is 5.32 Å². The average molecular weight is 274 g/mol. The molecule has 1 N–H and O–H groups in total. The Morgan fingerprint density at radius 2 is 2.10 bits per heavy atom. The van der Waals surface area contributed by atoms with E-state index in [2.05, 4.69) is 32.2 Å². The number of nitrogens with one attached hydrogen (secondary N) is 1. The third kappa shape index (κ3) is 3.30. The van der Waals surface area contributed by atoms with Crippen LogP contribution in [0.2, 0.25) is 0 Å². The van der Waals surface area contributed by atoms with Crippen LogP contribution in [0.5, 0.6) is 0 Å². The van der Waals surface area contributed by atoms with Crippen molar-refractivity contribution in [1.82, 2.24) is 0 Å². The monoisotopic (exact) mass is 274 g/mol. The summed E-state index contributed by atoms with van der Waals surface area (Å²) in [5, 5.41) is 12.6. The van der Waals surface area contributed by atoms with E-state index in [9.17, 15) is 4.39 Å². The Hall–Kier alpha value is -1.56. The van der Waals surface area contributed by atoms with E-state index in [-0.39, 0.29) is 5.82 Å². The Bertz CT molecular complexity index is 504. The van der Waals surface area contributed by atoms with Crippen molar-refractivity contribution in [1.29, 1.82) is 5.26 Å². The minimum Gasteiger partial charge on any atom is -0.381 e. The molecule has 1 fully saturated rings. The van der Waals surface area contributed by atoms with Crippen molar-refractivity contribution in [2.75, 3.05) is 5.32 Å². The minimum atomic E-state index is -0.357. The van der Waals surface area contributed by atoms with Gasteiger partial charge in [-0.25, -0.2) is 4.39 Å². The van der Waals surface area contributed by atoms with Gasteiger partial charge in [-0.05, 0) is 48.8 Å². The van der Waals surface area contributed by atoms with E-state index in [1.165, 1.54) is 25.0 Å². The maximum atomic E-state index is 13.2. The van der Waals surface area contributed by atoms with Gasteiger partial charge in [0.25, 0.3) is 0 Å². The zero-order valence-electron chi connectivity index (χ0n) is 12.5. The number of nitrogens with zero attached hydrogens (tertiary/aromatic N) is 1. The van der Waals surface area contributed by atoms with Gasteiger partial charge in [0.1, 0.15) is 11.9 Å². The molecule has 1 saturated carbocycles. The summed E-state index contributed by atoms with van der Waals surface area (Å²) >= 11 is 0. The molecular weight excluding hydrogens is 251 g/mol. The van der Waals surface area contributed by atoms with Crippen molar-refractivity contribution in [2.24, 2.45) is 17.8 Å². The van der Waals surface area contributed by atoms with Crippen molar-refractivity contribution in [3.63, 3.8) is 0 Å². The molecular formula is C17H23FN2. The lowest BCUT2D eigenvalue weighted by molar-refractivity contribution is 0.212. The van der Waals surface area contributed by atoms with E-state index in [0.29, 0.717) is 29.4 Å². The molecule has 20 heavy (non-hydrogen) atoms. The fourth-order valence-corrected chi connectivity index (χ4v) is 3.30. The summed E-state index contributed by atoms with van der Waals surface area (Å²) in [7, 11) is 0. The Morgan fingerprint density at radius 3 is 2.75 bits per heavy atom. The van der Waals surface area contributed by atoms with Crippen LogP contribution in [0.25, 0.3) is 0 Å². The van der Waals surface area contributed by atoms with Crippen molar-refractivity contribution in [3.8, 4) is 6.07 Å². The second-order valence-corrected chi connectivity index (χ2v) is 6.38. The summed E-state index contributed by atoms with van der Waals surface area (Å²) in [4.78, 5) is 0. The van der Waals surface area contributed by atoms with E-state index in [1.807, 2.05) is 0 Å². The third-order valence-electron chi connectivity index (χ3n) is 4.47. The van der Waals surface area contributed by atoms with Gasteiger partial charge in [-0.2, -0.15) is 5.26 Å². The fourth-order valence-electron chi connectivity index (χ4n) is 3.30. The summed E-state index contributed by atoms with van der Waals surface area (Å²) in [5.41, 5.74) is 1.16. The summed E-state index contributed by atoms with van der Waals surface area (Å²) < 4.78 is 13.2. The number of hydrogen-bond donors (Lipinski definition) is 1. The minimum absolute atomic E-state index is 0.357. The summed E-state index contributed by atoms with van der Waals surface area (Å²) in [6, 6.07) is 6.86. The number of halogens is 1. The molecule has 3 atom stereocenters. The van der Waals surface area contributed by atoms with Gasteiger partial charge < -0.3 is 5.32 Å². The van der Waals surface area contributed by atoms with Gasteiger partial charge >= 0.3 is 0 Å². The van der Waals surface area contributed by atoms with Gasteiger partial charge in [0.15, 0.2) is 0 Å². The molecule has 0 radical (unpaired) electrons. The van der Waals surface area contributed by atoms with E-state index >= 15 is 0 Å². The lowest BCUT2D eigenvalue weighted by Gasteiger charge is -2.38. The van der Waals surface area contributed by atoms with Crippen LogP contribution in [0.1, 0.15) is 45.6 Å². The normalized spacial score (nSPS) is 26.3. The molecule has 1 aromatic carbocycles. The molecule has 3 unspecified atom stereocenters. The van der Waals surface area contributed by atoms with Crippen LogP contribution in [0.4, 0.5) is 10.1 Å². The molecule has 2 rings (SSSR count). The summed E-state index contributed by atoms with van der Waals surface area (Å²) in [6.45, 7) is 6.79. The topological polar surface area (TPSA) is 35.8 Å². The molecule has 3 heteroatoms. The van der Waals surface area contributed by atoms with Crippen LogP contribution in [-0.2, 0) is 0 Å². The van der Waals surface area contributed by atoms with E-state index in [1.54, 1.807) is 6.07 Å². The number of hydrogen-bond acceptors (Lipinski definition) is 2. The van der Waals surface area contributed by atoms with Gasteiger partial charge in [0.2, 0.25) is 0 Å². The molecule has 108 valence electrons. The van der Waals surface area contributed by atoms with Crippen LogP contribution >= 0.6 is 0 Å². The zero-order valence-corrected chi connectivity index (χ0v) is 12.5. The third-order valence-corrected chi connectivity index (χ3v) is 4.47. The molecule has 0 saturated heterocycles. The molecule has 0 aliphatic heterocycles. The summed E-state index contributed by atoms with van der Waals surface area (Å²) in [5.74, 6) is 1.58. The molecule has 1 aromatic rings. The van der Waals surface area contributed by atoms with Crippen molar-refractivity contribution in [3.05, 3.63) is 29.6 Å². The molecule has 2 nitrogen and oxygen atoms in total. The van der Waals surface area contributed by atoms with Gasteiger partial charge in [0.05, 0.1) is 11.3 Å². The lowest BCUT2D eigenvalue weighted by atomic mass is 9.74. The maximum absolute atomic E-state index is 13.2. The second kappa shape index (κ2) is 6.26. The first-order valence-electron chi connectivity index (χ1n) is 7.47. The predicted octanol–water partition coefficient (Wildman–Crippen LogP) is 4.57. The highest BCUT2D eigenvalue weighted by Crippen LogP contribution is 2.35. The van der Waals surface area contributed by atoms with E-state index in [4.69, 9.17) is 5.26 Å². The second-order valence-electron chi connectivity index (χ2n) is 6.38. The molecule has 0 heterocycles. The number of benzene rings is 1. The van der Waals surface area contributed by atoms with E-state index in [0.717, 1.165) is 12.1 Å². The highest BCUT2D eigenvalue weighted by atomic mass is 19.1. The van der Waals surface area contributed by atoms with E-state index < -0.39 is 0 Å². The Morgan fingerprint density at radius 1 is 1.35 bits per heavy atom. The van der Waals surface area contributed by atoms with Gasteiger partial charge in [0, 0.05) is 6.04 Å². The summed E-state index contributed by atoms with van der Waals surface area (Å²) in [6.07, 6.45) is 3.61. The standard InChI is InChI=1S/C17H23FN2/c1-11(2)15-6-4-12(3)8-17(15)20-16-7-5-14(18)9-13(16)10-19/h5,7,9,11-12,15,17,20H,4,6,8H2,1-3H3. The van der Waals surface area contributed by atoms with Gasteiger partial charge in [-0.1, -0.05) is 27.2 Å². The van der Waals surface area contributed by atoms with Crippen LogP contribution in [0, 0.1) is 34.9 Å². The maximum Gasteiger partial charge on any atom is 0.124 e. The van der Waals surface area contributed by atoms with Crippen LogP contribution in [0.15, 0.2) is 18.2 Å². The van der Waals surface area contributed by atoms with Gasteiger partial charge in [-0.3, -0.25) is 0 Å².